The summed E-state index contributed by atoms with van der Waals surface area (Å²) in [6.07, 6.45) is -0.639. The van der Waals surface area contributed by atoms with Crippen molar-refractivity contribution in [1.82, 2.24) is 4.98 Å². The molecule has 74 valence electrons. The van der Waals surface area contributed by atoms with E-state index >= 15 is 0 Å². The first-order chi connectivity index (χ1) is 6.81. The zero-order valence-electron chi connectivity index (χ0n) is 7.38. The Labute approximate surface area is 89.9 Å². The Kier molecular flexibility index (Phi) is 2.93. The van der Waals surface area contributed by atoms with Crippen molar-refractivity contribution in [3.8, 4) is 9.88 Å². The number of hydrogen-bond acceptors (Lipinski definition) is 5. The number of hydrogen-bond donors (Lipinski definition) is 2. The summed E-state index contributed by atoms with van der Waals surface area (Å²) in [6, 6.07) is 4.00. The van der Waals surface area contributed by atoms with Crippen molar-refractivity contribution in [1.29, 1.82) is 0 Å². The molecular weight excluding hydrogens is 216 g/mol. The standard InChI is InChI=1S/C9H10N2OS2/c10-4-7(12)6-5-14-9(11-6)8-2-1-3-13-8/h1-3,5,7,12H,4,10H2. The zero-order valence-corrected chi connectivity index (χ0v) is 9.02. The maximum Gasteiger partial charge on any atom is 0.133 e. The van der Waals surface area contributed by atoms with Crippen molar-refractivity contribution >= 4 is 22.7 Å². The second-order valence-corrected chi connectivity index (χ2v) is 4.61. The molecule has 1 unspecified atom stereocenters. The van der Waals surface area contributed by atoms with Gasteiger partial charge in [0.1, 0.15) is 11.1 Å². The second kappa shape index (κ2) is 4.18. The van der Waals surface area contributed by atoms with Gasteiger partial charge >= 0.3 is 0 Å². The molecule has 0 fully saturated rings. The van der Waals surface area contributed by atoms with Crippen LogP contribution in [0.15, 0.2) is 22.9 Å². The zero-order chi connectivity index (χ0) is 9.97. The fourth-order valence-corrected chi connectivity index (χ4v) is 2.75. The van der Waals surface area contributed by atoms with E-state index in [1.54, 1.807) is 11.3 Å². The minimum Gasteiger partial charge on any atom is -0.385 e. The van der Waals surface area contributed by atoms with Crippen LogP contribution in [0, 0.1) is 0 Å². The van der Waals surface area contributed by atoms with Gasteiger partial charge in [-0.05, 0) is 11.4 Å². The molecule has 2 heterocycles. The molecule has 14 heavy (non-hydrogen) atoms. The van der Waals surface area contributed by atoms with Crippen molar-refractivity contribution in [2.75, 3.05) is 6.54 Å². The number of aliphatic hydroxyl groups is 1. The van der Waals surface area contributed by atoms with E-state index in [1.807, 2.05) is 22.9 Å². The van der Waals surface area contributed by atoms with Crippen LogP contribution in [0.3, 0.4) is 0 Å². The van der Waals surface area contributed by atoms with Crippen LogP contribution in [-0.4, -0.2) is 16.6 Å². The third kappa shape index (κ3) is 1.85. The van der Waals surface area contributed by atoms with E-state index in [0.717, 1.165) is 9.88 Å². The maximum atomic E-state index is 9.46. The van der Waals surface area contributed by atoms with Gasteiger partial charge in [-0.15, -0.1) is 22.7 Å². The minimum absolute atomic E-state index is 0.216. The average Bonchev–Trinajstić information content (AvgIpc) is 2.86. The molecule has 2 aromatic heterocycles. The largest absolute Gasteiger partial charge is 0.385 e. The van der Waals surface area contributed by atoms with Crippen molar-refractivity contribution in [3.05, 3.63) is 28.6 Å². The SMILES string of the molecule is NCC(O)c1csc(-c2cccs2)n1. The van der Waals surface area contributed by atoms with Crippen molar-refractivity contribution in [2.45, 2.75) is 6.10 Å². The van der Waals surface area contributed by atoms with Crippen LogP contribution in [0.1, 0.15) is 11.8 Å². The molecule has 2 aromatic rings. The molecule has 0 spiro atoms. The number of nitrogens with zero attached hydrogens (tertiary/aromatic N) is 1. The molecule has 0 saturated carbocycles. The first-order valence-corrected chi connectivity index (χ1v) is 5.94. The van der Waals surface area contributed by atoms with E-state index < -0.39 is 6.10 Å². The fraction of sp³-hybridized carbons (Fsp3) is 0.222. The van der Waals surface area contributed by atoms with Crippen LogP contribution in [0.5, 0.6) is 0 Å². The highest BCUT2D eigenvalue weighted by molar-refractivity contribution is 7.20. The summed E-state index contributed by atoms with van der Waals surface area (Å²) in [4.78, 5) is 5.45. The van der Waals surface area contributed by atoms with E-state index in [4.69, 9.17) is 5.73 Å². The molecule has 5 heteroatoms. The molecule has 0 saturated heterocycles. The topological polar surface area (TPSA) is 59.1 Å². The number of thiophene rings is 1. The molecule has 1 atom stereocenters. The highest BCUT2D eigenvalue weighted by Crippen LogP contribution is 2.29. The Hall–Kier alpha value is -0.750. The Bertz CT molecular complexity index is 397. The predicted octanol–water partition coefficient (Wildman–Crippen LogP) is 1.86. The third-order valence-corrected chi connectivity index (χ3v) is 3.72. The van der Waals surface area contributed by atoms with Crippen molar-refractivity contribution in [2.24, 2.45) is 5.73 Å². The smallest absolute Gasteiger partial charge is 0.133 e. The summed E-state index contributed by atoms with van der Waals surface area (Å²) < 4.78 is 0. The lowest BCUT2D eigenvalue weighted by Gasteiger charge is -2.01. The normalized spacial score (nSPS) is 13.0. The second-order valence-electron chi connectivity index (χ2n) is 2.81. The first kappa shape index (κ1) is 9.79. The number of aromatic nitrogens is 1. The lowest BCUT2D eigenvalue weighted by molar-refractivity contribution is 0.182. The van der Waals surface area contributed by atoms with Crippen molar-refractivity contribution < 1.29 is 5.11 Å². The lowest BCUT2D eigenvalue weighted by atomic mass is 10.3. The molecule has 0 aromatic carbocycles. The summed E-state index contributed by atoms with van der Waals surface area (Å²) in [5.41, 5.74) is 6.02. The van der Waals surface area contributed by atoms with Crippen LogP contribution in [0.25, 0.3) is 9.88 Å². The molecule has 3 nitrogen and oxygen atoms in total. The summed E-state index contributed by atoms with van der Waals surface area (Å²) in [5, 5.41) is 14.3. The highest BCUT2D eigenvalue weighted by atomic mass is 32.1. The van der Waals surface area contributed by atoms with Gasteiger partial charge in [0, 0.05) is 11.9 Å². The Balaban J connectivity index is 2.26. The first-order valence-electron chi connectivity index (χ1n) is 4.18. The molecule has 0 aliphatic heterocycles. The van der Waals surface area contributed by atoms with Gasteiger partial charge in [0.15, 0.2) is 0 Å². The number of aliphatic hydroxyl groups excluding tert-OH is 1. The number of nitrogens with two attached hydrogens (primary N) is 1. The molecule has 0 radical (unpaired) electrons. The van der Waals surface area contributed by atoms with E-state index in [-0.39, 0.29) is 6.54 Å². The third-order valence-electron chi connectivity index (χ3n) is 1.82. The van der Waals surface area contributed by atoms with Crippen LogP contribution in [0.2, 0.25) is 0 Å². The summed E-state index contributed by atoms with van der Waals surface area (Å²) in [7, 11) is 0. The van der Waals surface area contributed by atoms with E-state index in [9.17, 15) is 5.11 Å². The van der Waals surface area contributed by atoms with Gasteiger partial charge in [-0.2, -0.15) is 0 Å². The lowest BCUT2D eigenvalue weighted by Crippen LogP contribution is -2.11. The summed E-state index contributed by atoms with van der Waals surface area (Å²) in [5.74, 6) is 0. The van der Waals surface area contributed by atoms with Crippen molar-refractivity contribution in [3.63, 3.8) is 0 Å². The van der Waals surface area contributed by atoms with Crippen LogP contribution < -0.4 is 5.73 Å². The molecule has 0 amide bonds. The van der Waals surface area contributed by atoms with Gasteiger partial charge < -0.3 is 10.8 Å². The Morgan fingerprint density at radius 1 is 1.50 bits per heavy atom. The van der Waals surface area contributed by atoms with Crippen LogP contribution >= 0.6 is 22.7 Å². The number of thiazole rings is 1. The van der Waals surface area contributed by atoms with Gasteiger partial charge in [0.2, 0.25) is 0 Å². The summed E-state index contributed by atoms with van der Waals surface area (Å²) >= 11 is 3.18. The Morgan fingerprint density at radius 2 is 2.36 bits per heavy atom. The molecule has 0 aliphatic rings. The maximum absolute atomic E-state index is 9.46. The average molecular weight is 226 g/mol. The van der Waals surface area contributed by atoms with Gasteiger partial charge in [-0.3, -0.25) is 0 Å². The molecular formula is C9H10N2OS2. The van der Waals surface area contributed by atoms with E-state index in [1.165, 1.54) is 11.3 Å². The summed E-state index contributed by atoms with van der Waals surface area (Å²) in [6.45, 7) is 0.216. The van der Waals surface area contributed by atoms with E-state index in [0.29, 0.717) is 5.69 Å². The molecule has 3 N–H and O–H groups in total. The van der Waals surface area contributed by atoms with E-state index in [2.05, 4.69) is 4.98 Å². The van der Waals surface area contributed by atoms with Gasteiger partial charge in [0.25, 0.3) is 0 Å². The minimum atomic E-state index is -0.639. The molecule has 0 bridgehead atoms. The van der Waals surface area contributed by atoms with Crippen LogP contribution in [-0.2, 0) is 0 Å². The predicted molar refractivity (Wildman–Crippen MR) is 59.4 cm³/mol. The van der Waals surface area contributed by atoms with Gasteiger partial charge in [-0.1, -0.05) is 6.07 Å². The van der Waals surface area contributed by atoms with Gasteiger partial charge in [0.05, 0.1) is 10.6 Å². The number of rotatable bonds is 3. The monoisotopic (exact) mass is 226 g/mol. The molecule has 0 aliphatic carbocycles. The van der Waals surface area contributed by atoms with Crippen LogP contribution in [0.4, 0.5) is 0 Å². The van der Waals surface area contributed by atoms with Gasteiger partial charge in [-0.25, -0.2) is 4.98 Å². The Morgan fingerprint density at radius 3 is 3.00 bits per heavy atom. The quantitative estimate of drug-likeness (QED) is 0.840. The highest BCUT2D eigenvalue weighted by Gasteiger charge is 2.11. The fourth-order valence-electron chi connectivity index (χ4n) is 1.07. The molecule has 2 rings (SSSR count).